The van der Waals surface area contributed by atoms with Crippen molar-refractivity contribution in [2.75, 3.05) is 6.61 Å². The van der Waals surface area contributed by atoms with Crippen molar-refractivity contribution >= 4 is 56.3 Å². The summed E-state index contributed by atoms with van der Waals surface area (Å²) in [4.78, 5) is 0.103. The first kappa shape index (κ1) is 27.1. The van der Waals surface area contributed by atoms with Crippen LogP contribution < -0.4 is 14.8 Å². The summed E-state index contributed by atoms with van der Waals surface area (Å²) < 4.78 is 50.9. The summed E-state index contributed by atoms with van der Waals surface area (Å²) in [5.74, 6) is 1.00. The number of nitriles is 1. The van der Waals surface area contributed by atoms with Crippen molar-refractivity contribution in [3.63, 3.8) is 0 Å². The van der Waals surface area contributed by atoms with Crippen LogP contribution in [-0.2, 0) is 6.18 Å². The van der Waals surface area contributed by atoms with Crippen molar-refractivity contribution in [2.24, 2.45) is 0 Å². The molecule has 1 unspecified atom stereocenters. The minimum absolute atomic E-state index is 0.103. The molecule has 3 aromatic carbocycles. The van der Waals surface area contributed by atoms with Crippen molar-refractivity contribution in [1.82, 2.24) is 5.32 Å². The molecule has 4 nitrogen and oxygen atoms in total. The van der Waals surface area contributed by atoms with Crippen LogP contribution in [0.4, 0.5) is 13.2 Å². The van der Waals surface area contributed by atoms with Crippen LogP contribution in [0.2, 0.25) is 10.0 Å². The monoisotopic (exact) mass is 602 g/mol. The first-order valence-electron chi connectivity index (χ1n) is 9.86. The smallest absolute Gasteiger partial charge is 0.416 e. The number of benzene rings is 3. The van der Waals surface area contributed by atoms with E-state index in [0.29, 0.717) is 32.9 Å². The highest BCUT2D eigenvalue weighted by molar-refractivity contribution is 9.10. The topological polar surface area (TPSA) is 54.3 Å². The van der Waals surface area contributed by atoms with Gasteiger partial charge in [0.05, 0.1) is 16.7 Å². The molecular weight excluding hydrogens is 588 g/mol. The van der Waals surface area contributed by atoms with E-state index in [1.807, 2.05) is 0 Å². The van der Waals surface area contributed by atoms with Crippen LogP contribution in [0.25, 0.3) is 0 Å². The Labute approximate surface area is 223 Å². The highest BCUT2D eigenvalue weighted by Gasteiger charge is 2.31. The second-order valence-electron chi connectivity index (χ2n) is 7.53. The molecule has 0 amide bonds. The maximum Gasteiger partial charge on any atom is 0.416 e. The third-order valence-electron chi connectivity index (χ3n) is 4.65. The molecule has 0 saturated heterocycles. The maximum absolute atomic E-state index is 12.8. The van der Waals surface area contributed by atoms with E-state index in [-0.39, 0.29) is 11.6 Å². The lowest BCUT2D eigenvalue weighted by Gasteiger charge is -2.25. The molecule has 182 valence electrons. The molecular formula is C24H16BrCl2F3N2O2S. The minimum atomic E-state index is -4.46. The quantitative estimate of drug-likeness (QED) is 0.276. The van der Waals surface area contributed by atoms with Crippen LogP contribution in [-0.4, -0.2) is 17.1 Å². The number of nitrogens with zero attached hydrogens (tertiary/aromatic N) is 1. The van der Waals surface area contributed by atoms with Crippen LogP contribution >= 0.6 is 51.3 Å². The molecule has 0 fully saturated rings. The van der Waals surface area contributed by atoms with Crippen molar-refractivity contribution < 1.29 is 22.6 Å². The Balaban J connectivity index is 1.74. The van der Waals surface area contributed by atoms with Gasteiger partial charge in [0.15, 0.2) is 17.0 Å². The third-order valence-corrected chi connectivity index (χ3v) is 6.01. The van der Waals surface area contributed by atoms with Gasteiger partial charge in [-0.15, -0.1) is 0 Å². The molecule has 3 aromatic rings. The molecule has 1 N–H and O–H groups in total. The second-order valence-corrected chi connectivity index (χ2v) is 9.70. The van der Waals surface area contributed by atoms with Gasteiger partial charge in [0.1, 0.15) is 17.3 Å². The summed E-state index contributed by atoms with van der Waals surface area (Å²) in [5, 5.41) is 13.4. The molecule has 0 aliphatic heterocycles. The molecule has 0 radical (unpaired) electrons. The maximum atomic E-state index is 12.8. The van der Waals surface area contributed by atoms with Gasteiger partial charge in [-0.2, -0.15) is 18.4 Å². The predicted molar refractivity (Wildman–Crippen MR) is 136 cm³/mol. The fraction of sp³-hybridized carbons (Fsp3) is 0.167. The number of nitrogens with one attached hydrogen (secondary N) is 1. The van der Waals surface area contributed by atoms with Gasteiger partial charge in [0.2, 0.25) is 0 Å². The fourth-order valence-electron chi connectivity index (χ4n) is 2.81. The van der Waals surface area contributed by atoms with Gasteiger partial charge in [-0.05, 0) is 55.5 Å². The average Bonchev–Trinajstić information content (AvgIpc) is 2.80. The fourth-order valence-corrected chi connectivity index (χ4v) is 3.96. The summed E-state index contributed by atoms with van der Waals surface area (Å²) >= 11 is 20.8. The average molecular weight is 604 g/mol. The largest absolute Gasteiger partial charge is 0.486 e. The zero-order chi connectivity index (χ0) is 25.8. The van der Waals surface area contributed by atoms with Crippen LogP contribution in [0.1, 0.15) is 18.1 Å². The Hall–Kier alpha value is -2.51. The van der Waals surface area contributed by atoms with E-state index in [0.717, 1.165) is 16.6 Å². The highest BCUT2D eigenvalue weighted by atomic mass is 79.9. The number of ether oxygens (including phenoxy) is 2. The van der Waals surface area contributed by atoms with E-state index in [1.165, 1.54) is 18.2 Å². The van der Waals surface area contributed by atoms with Crippen molar-refractivity contribution in [3.8, 4) is 23.3 Å². The van der Waals surface area contributed by atoms with E-state index < -0.39 is 17.3 Å². The molecule has 0 heterocycles. The lowest BCUT2D eigenvalue weighted by Crippen LogP contribution is -2.49. The Morgan fingerprint density at radius 2 is 1.69 bits per heavy atom. The van der Waals surface area contributed by atoms with Crippen molar-refractivity contribution in [1.29, 1.82) is 5.26 Å². The SMILES string of the molecule is CC(C#N)(COc1ccc(Br)cc1Oc1ccc(Cl)cc1Cl)NC(=S)c1ccc(C(F)(F)F)cc1. The van der Waals surface area contributed by atoms with Crippen LogP contribution in [0.15, 0.2) is 65.1 Å². The lowest BCUT2D eigenvalue weighted by atomic mass is 10.0. The highest BCUT2D eigenvalue weighted by Crippen LogP contribution is 2.38. The summed E-state index contributed by atoms with van der Waals surface area (Å²) in [6, 6.07) is 16.3. The van der Waals surface area contributed by atoms with E-state index in [2.05, 4.69) is 27.3 Å². The molecule has 3 rings (SSSR count). The summed E-state index contributed by atoms with van der Waals surface area (Å²) in [6.07, 6.45) is -4.46. The Kier molecular flexibility index (Phi) is 8.54. The molecule has 1 atom stereocenters. The zero-order valence-corrected chi connectivity index (χ0v) is 21.8. The van der Waals surface area contributed by atoms with Gasteiger partial charge in [-0.1, -0.05) is 63.5 Å². The third kappa shape index (κ3) is 7.24. The van der Waals surface area contributed by atoms with Crippen LogP contribution in [0.3, 0.4) is 0 Å². The van der Waals surface area contributed by atoms with E-state index in [1.54, 1.807) is 37.3 Å². The van der Waals surface area contributed by atoms with Gasteiger partial charge in [-0.3, -0.25) is 0 Å². The number of alkyl halides is 3. The predicted octanol–water partition coefficient (Wildman–Crippen LogP) is 8.19. The normalized spacial score (nSPS) is 12.9. The van der Waals surface area contributed by atoms with E-state index in [9.17, 15) is 18.4 Å². The van der Waals surface area contributed by atoms with Crippen LogP contribution in [0, 0.1) is 11.3 Å². The minimum Gasteiger partial charge on any atom is -0.486 e. The van der Waals surface area contributed by atoms with Gasteiger partial charge < -0.3 is 14.8 Å². The molecule has 0 aromatic heterocycles. The van der Waals surface area contributed by atoms with E-state index in [4.69, 9.17) is 44.9 Å². The Morgan fingerprint density at radius 1 is 1.03 bits per heavy atom. The second kappa shape index (κ2) is 11.0. The molecule has 0 spiro atoms. The molecule has 0 bridgehead atoms. The lowest BCUT2D eigenvalue weighted by molar-refractivity contribution is -0.137. The number of halogens is 6. The number of thiocarbonyl (C=S) groups is 1. The first-order chi connectivity index (χ1) is 16.4. The summed E-state index contributed by atoms with van der Waals surface area (Å²) in [6.45, 7) is 1.40. The molecule has 11 heteroatoms. The van der Waals surface area contributed by atoms with E-state index >= 15 is 0 Å². The Morgan fingerprint density at radius 3 is 2.29 bits per heavy atom. The first-order valence-corrected chi connectivity index (χ1v) is 11.8. The van der Waals surface area contributed by atoms with Crippen molar-refractivity contribution in [3.05, 3.63) is 86.3 Å². The summed E-state index contributed by atoms with van der Waals surface area (Å²) in [7, 11) is 0. The van der Waals surface area contributed by atoms with Crippen LogP contribution in [0.5, 0.6) is 17.2 Å². The Bertz CT molecular complexity index is 1280. The van der Waals surface area contributed by atoms with Gasteiger partial charge in [0.25, 0.3) is 0 Å². The standard InChI is InChI=1S/C24H16BrCl2F3N2O2S/c1-23(12-31,32-22(35)14-2-4-15(5-3-14)24(28,29)30)13-33-20-8-6-16(25)10-21(20)34-19-9-7-17(26)11-18(19)27/h2-11H,13H2,1H3,(H,32,35). The summed E-state index contributed by atoms with van der Waals surface area (Å²) in [5.41, 5.74) is -1.76. The number of rotatable bonds is 7. The molecule has 0 aliphatic carbocycles. The molecule has 0 aliphatic rings. The number of hydrogen-bond acceptors (Lipinski definition) is 4. The van der Waals surface area contributed by atoms with Gasteiger partial charge >= 0.3 is 6.18 Å². The van der Waals surface area contributed by atoms with Gasteiger partial charge in [-0.25, -0.2) is 0 Å². The molecule has 35 heavy (non-hydrogen) atoms. The van der Waals surface area contributed by atoms with Gasteiger partial charge in [0, 0.05) is 15.1 Å². The number of hydrogen-bond donors (Lipinski definition) is 1. The van der Waals surface area contributed by atoms with Crippen molar-refractivity contribution in [2.45, 2.75) is 18.6 Å². The molecule has 0 saturated carbocycles. The zero-order valence-electron chi connectivity index (χ0n) is 17.9.